The number of nitrogens with zero attached hydrogens (tertiary/aromatic N) is 1. The minimum Gasteiger partial charge on any atom is -0.363 e. The summed E-state index contributed by atoms with van der Waals surface area (Å²) in [6, 6.07) is 11.7. The summed E-state index contributed by atoms with van der Waals surface area (Å²) >= 11 is 5.43. The molecule has 0 atom stereocenters. The van der Waals surface area contributed by atoms with Gasteiger partial charge in [0.1, 0.15) is 0 Å². The van der Waals surface area contributed by atoms with E-state index in [0.717, 1.165) is 17.6 Å². The van der Waals surface area contributed by atoms with Gasteiger partial charge in [-0.05, 0) is 55.1 Å². The summed E-state index contributed by atoms with van der Waals surface area (Å²) in [6.07, 6.45) is 2.64. The Morgan fingerprint density at radius 3 is 2.85 bits per heavy atom. The van der Waals surface area contributed by atoms with Crippen molar-refractivity contribution in [1.82, 2.24) is 5.32 Å². The van der Waals surface area contributed by atoms with Crippen molar-refractivity contribution in [3.05, 3.63) is 50.6 Å². The zero-order valence-corrected chi connectivity index (χ0v) is 14.0. The lowest BCUT2D eigenvalue weighted by molar-refractivity contribution is 0.769. The molecule has 4 heteroatoms. The summed E-state index contributed by atoms with van der Waals surface area (Å²) in [5.41, 5.74) is 2.74. The Morgan fingerprint density at radius 1 is 1.35 bits per heavy atom. The molecule has 1 saturated carbocycles. The predicted molar refractivity (Wildman–Crippen MR) is 90.4 cm³/mol. The van der Waals surface area contributed by atoms with Crippen LogP contribution < -0.4 is 10.2 Å². The van der Waals surface area contributed by atoms with E-state index < -0.39 is 0 Å². The highest BCUT2D eigenvalue weighted by molar-refractivity contribution is 9.10. The lowest BCUT2D eigenvalue weighted by Crippen LogP contribution is -2.26. The molecule has 0 aliphatic heterocycles. The van der Waals surface area contributed by atoms with Gasteiger partial charge in [0, 0.05) is 27.6 Å². The SMILES string of the molecule is CNCc1cc(Br)ccc1N(Cc1cccs1)C1CC1. The average molecular weight is 351 g/mol. The van der Waals surface area contributed by atoms with Crippen LogP contribution in [-0.2, 0) is 13.1 Å². The number of thiophene rings is 1. The van der Waals surface area contributed by atoms with Gasteiger partial charge >= 0.3 is 0 Å². The molecular weight excluding hydrogens is 332 g/mol. The molecule has 1 heterocycles. The van der Waals surface area contributed by atoms with Crippen molar-refractivity contribution in [3.8, 4) is 0 Å². The minimum atomic E-state index is 0.717. The van der Waals surface area contributed by atoms with Gasteiger partial charge in [-0.25, -0.2) is 0 Å². The lowest BCUT2D eigenvalue weighted by atomic mass is 10.1. The van der Waals surface area contributed by atoms with Crippen molar-refractivity contribution in [2.75, 3.05) is 11.9 Å². The summed E-state index contributed by atoms with van der Waals surface area (Å²) in [5.74, 6) is 0. The van der Waals surface area contributed by atoms with Gasteiger partial charge in [0.05, 0.1) is 6.54 Å². The van der Waals surface area contributed by atoms with Crippen molar-refractivity contribution in [2.24, 2.45) is 0 Å². The molecule has 0 radical (unpaired) electrons. The molecule has 2 aromatic rings. The second kappa shape index (κ2) is 6.29. The highest BCUT2D eigenvalue weighted by Gasteiger charge is 2.30. The largest absolute Gasteiger partial charge is 0.363 e. The van der Waals surface area contributed by atoms with Crippen molar-refractivity contribution in [1.29, 1.82) is 0 Å². The fourth-order valence-electron chi connectivity index (χ4n) is 2.53. The van der Waals surface area contributed by atoms with E-state index in [4.69, 9.17) is 0 Å². The Morgan fingerprint density at radius 2 is 2.20 bits per heavy atom. The van der Waals surface area contributed by atoms with Crippen LogP contribution >= 0.6 is 27.3 Å². The number of benzene rings is 1. The summed E-state index contributed by atoms with van der Waals surface area (Å²) in [6.45, 7) is 1.93. The fraction of sp³-hybridized carbons (Fsp3) is 0.375. The normalized spacial score (nSPS) is 14.5. The highest BCUT2D eigenvalue weighted by atomic mass is 79.9. The van der Waals surface area contributed by atoms with E-state index in [9.17, 15) is 0 Å². The smallest absolute Gasteiger partial charge is 0.0526 e. The molecule has 1 aromatic carbocycles. The van der Waals surface area contributed by atoms with Gasteiger partial charge < -0.3 is 10.2 Å². The van der Waals surface area contributed by atoms with Gasteiger partial charge in [0.2, 0.25) is 0 Å². The molecule has 1 fully saturated rings. The lowest BCUT2D eigenvalue weighted by Gasteiger charge is -2.27. The van der Waals surface area contributed by atoms with Crippen LogP contribution in [0.15, 0.2) is 40.2 Å². The first-order valence-electron chi connectivity index (χ1n) is 7.00. The van der Waals surface area contributed by atoms with Gasteiger partial charge in [-0.3, -0.25) is 0 Å². The molecule has 0 bridgehead atoms. The van der Waals surface area contributed by atoms with Gasteiger partial charge in [0.25, 0.3) is 0 Å². The van der Waals surface area contributed by atoms with Crippen LogP contribution in [0, 0.1) is 0 Å². The molecule has 1 aliphatic rings. The van der Waals surface area contributed by atoms with Crippen molar-refractivity contribution in [2.45, 2.75) is 32.0 Å². The number of rotatable bonds is 6. The standard InChI is InChI=1S/C16H19BrN2S/c1-18-10-12-9-13(17)4-7-16(12)19(14-5-6-14)11-15-3-2-8-20-15/h2-4,7-9,14,18H,5-6,10-11H2,1H3. The summed E-state index contributed by atoms with van der Waals surface area (Å²) in [4.78, 5) is 4.01. The van der Waals surface area contributed by atoms with Crippen molar-refractivity contribution in [3.63, 3.8) is 0 Å². The Labute approximate surface area is 132 Å². The summed E-state index contributed by atoms with van der Waals surface area (Å²) in [7, 11) is 2.01. The number of hydrogen-bond acceptors (Lipinski definition) is 3. The third kappa shape index (κ3) is 3.25. The molecular formula is C16H19BrN2S. The Bertz CT molecular complexity index is 564. The van der Waals surface area contributed by atoms with Gasteiger partial charge in [0.15, 0.2) is 0 Å². The van der Waals surface area contributed by atoms with E-state index in [-0.39, 0.29) is 0 Å². The zero-order chi connectivity index (χ0) is 13.9. The number of anilines is 1. The molecule has 3 rings (SSSR count). The first-order valence-corrected chi connectivity index (χ1v) is 8.67. The molecule has 2 nitrogen and oxygen atoms in total. The van der Waals surface area contributed by atoms with Crippen LogP contribution in [0.4, 0.5) is 5.69 Å². The molecule has 0 amide bonds. The van der Waals surface area contributed by atoms with E-state index in [1.165, 1.54) is 29.0 Å². The molecule has 0 spiro atoms. The van der Waals surface area contributed by atoms with E-state index >= 15 is 0 Å². The van der Waals surface area contributed by atoms with Crippen LogP contribution in [0.2, 0.25) is 0 Å². The van der Waals surface area contributed by atoms with Crippen LogP contribution in [0.25, 0.3) is 0 Å². The number of halogens is 1. The molecule has 106 valence electrons. The van der Waals surface area contributed by atoms with E-state index in [2.05, 4.69) is 61.9 Å². The van der Waals surface area contributed by atoms with E-state index in [1.54, 1.807) is 0 Å². The maximum Gasteiger partial charge on any atom is 0.0526 e. The van der Waals surface area contributed by atoms with Gasteiger partial charge in [-0.2, -0.15) is 0 Å². The predicted octanol–water partition coefficient (Wildman–Crippen LogP) is 4.40. The van der Waals surface area contributed by atoms with E-state index in [0.29, 0.717) is 6.04 Å². The van der Waals surface area contributed by atoms with E-state index in [1.807, 2.05) is 18.4 Å². The average Bonchev–Trinajstić information content (AvgIpc) is 3.15. The minimum absolute atomic E-state index is 0.717. The number of nitrogens with one attached hydrogen (secondary N) is 1. The summed E-state index contributed by atoms with van der Waals surface area (Å²) in [5, 5.41) is 5.44. The summed E-state index contributed by atoms with van der Waals surface area (Å²) < 4.78 is 1.15. The highest BCUT2D eigenvalue weighted by Crippen LogP contribution is 2.36. The quantitative estimate of drug-likeness (QED) is 0.830. The molecule has 1 aromatic heterocycles. The van der Waals surface area contributed by atoms with Crippen LogP contribution in [-0.4, -0.2) is 13.1 Å². The zero-order valence-electron chi connectivity index (χ0n) is 11.6. The fourth-order valence-corrected chi connectivity index (χ4v) is 3.65. The van der Waals surface area contributed by atoms with Gasteiger partial charge in [-0.1, -0.05) is 22.0 Å². The van der Waals surface area contributed by atoms with Crippen LogP contribution in [0.5, 0.6) is 0 Å². The molecule has 0 unspecified atom stereocenters. The molecule has 1 aliphatic carbocycles. The molecule has 20 heavy (non-hydrogen) atoms. The van der Waals surface area contributed by atoms with Crippen LogP contribution in [0.3, 0.4) is 0 Å². The molecule has 0 saturated heterocycles. The Balaban J connectivity index is 1.90. The first-order chi connectivity index (χ1) is 9.78. The first kappa shape index (κ1) is 14.1. The third-order valence-corrected chi connectivity index (χ3v) is 4.97. The van der Waals surface area contributed by atoms with Crippen molar-refractivity contribution >= 4 is 33.0 Å². The monoisotopic (exact) mass is 350 g/mol. The Hall–Kier alpha value is -0.840. The molecule has 1 N–H and O–H groups in total. The Kier molecular flexibility index (Phi) is 4.44. The number of hydrogen-bond donors (Lipinski definition) is 1. The van der Waals surface area contributed by atoms with Crippen molar-refractivity contribution < 1.29 is 0 Å². The third-order valence-electron chi connectivity index (χ3n) is 3.61. The maximum absolute atomic E-state index is 3.58. The second-order valence-electron chi connectivity index (χ2n) is 5.24. The van der Waals surface area contributed by atoms with Gasteiger partial charge in [-0.15, -0.1) is 11.3 Å². The maximum atomic E-state index is 3.58. The second-order valence-corrected chi connectivity index (χ2v) is 7.19. The van der Waals surface area contributed by atoms with Crippen LogP contribution in [0.1, 0.15) is 23.3 Å². The topological polar surface area (TPSA) is 15.3 Å².